The van der Waals surface area contributed by atoms with Crippen molar-refractivity contribution in [2.24, 2.45) is 0 Å². The molecule has 0 fully saturated rings. The second-order valence-corrected chi connectivity index (χ2v) is 6.65. The molecule has 0 aliphatic carbocycles. The third-order valence-electron chi connectivity index (χ3n) is 2.93. The van der Waals surface area contributed by atoms with Crippen LogP contribution in [0.3, 0.4) is 0 Å². The normalized spacial score (nSPS) is 12.4. The number of thioether (sulfide) groups is 1. The molecule has 108 valence electrons. The van der Waals surface area contributed by atoms with Gasteiger partial charge in [-0.05, 0) is 48.9 Å². The van der Waals surface area contributed by atoms with Gasteiger partial charge in [-0.25, -0.2) is 0 Å². The minimum Gasteiger partial charge on any atom is -0.497 e. The molecule has 0 amide bonds. The van der Waals surface area contributed by atoms with Crippen molar-refractivity contribution in [3.05, 3.63) is 28.2 Å². The molecule has 0 spiro atoms. The summed E-state index contributed by atoms with van der Waals surface area (Å²) in [5.41, 5.74) is 1.31. The lowest BCUT2D eigenvalue weighted by Crippen LogP contribution is -2.34. The molecular weight excluding hydrogens is 322 g/mol. The van der Waals surface area contributed by atoms with E-state index in [-0.39, 0.29) is 0 Å². The molecule has 4 heteroatoms. The number of benzene rings is 1. The molecule has 1 unspecified atom stereocenters. The van der Waals surface area contributed by atoms with Gasteiger partial charge in [-0.1, -0.05) is 29.8 Å². The van der Waals surface area contributed by atoms with E-state index in [2.05, 4.69) is 47.2 Å². The Morgan fingerprint density at radius 1 is 1.37 bits per heavy atom. The zero-order valence-electron chi connectivity index (χ0n) is 12.0. The Labute approximate surface area is 129 Å². The van der Waals surface area contributed by atoms with E-state index in [1.54, 1.807) is 7.11 Å². The first-order valence-electron chi connectivity index (χ1n) is 6.84. The summed E-state index contributed by atoms with van der Waals surface area (Å²) >= 11 is 5.63. The summed E-state index contributed by atoms with van der Waals surface area (Å²) in [4.78, 5) is 0. The first kappa shape index (κ1) is 16.9. The molecule has 0 bridgehead atoms. The third-order valence-corrected chi connectivity index (χ3v) is 4.75. The Morgan fingerprint density at radius 2 is 2.16 bits per heavy atom. The zero-order chi connectivity index (χ0) is 14.1. The number of halogens is 1. The van der Waals surface area contributed by atoms with Crippen molar-refractivity contribution in [3.63, 3.8) is 0 Å². The predicted octanol–water partition coefficient (Wildman–Crippen LogP) is 4.12. The summed E-state index contributed by atoms with van der Waals surface area (Å²) in [7, 11) is 1.72. The first-order chi connectivity index (χ1) is 9.21. The van der Waals surface area contributed by atoms with Crippen molar-refractivity contribution in [1.29, 1.82) is 0 Å². The molecule has 1 rings (SSSR count). The fraction of sp³-hybridized carbons (Fsp3) is 0.600. The van der Waals surface area contributed by atoms with E-state index >= 15 is 0 Å². The highest BCUT2D eigenvalue weighted by Gasteiger charge is 2.11. The van der Waals surface area contributed by atoms with Crippen LogP contribution in [0.1, 0.15) is 25.8 Å². The number of hydrogen-bond donors (Lipinski definition) is 1. The molecule has 1 atom stereocenters. The van der Waals surface area contributed by atoms with Crippen LogP contribution in [0.4, 0.5) is 0 Å². The van der Waals surface area contributed by atoms with Crippen LogP contribution in [-0.2, 0) is 6.42 Å². The van der Waals surface area contributed by atoms with Crippen LogP contribution in [0.25, 0.3) is 0 Å². The van der Waals surface area contributed by atoms with Gasteiger partial charge in [0.1, 0.15) is 5.75 Å². The molecule has 1 N–H and O–H groups in total. The third kappa shape index (κ3) is 6.19. The lowest BCUT2D eigenvalue weighted by atomic mass is 10.1. The minimum atomic E-state index is 0.522. The van der Waals surface area contributed by atoms with Crippen molar-refractivity contribution >= 4 is 27.7 Å². The topological polar surface area (TPSA) is 21.3 Å². The van der Waals surface area contributed by atoms with Gasteiger partial charge < -0.3 is 10.1 Å². The van der Waals surface area contributed by atoms with Gasteiger partial charge in [-0.2, -0.15) is 11.8 Å². The largest absolute Gasteiger partial charge is 0.497 e. The summed E-state index contributed by atoms with van der Waals surface area (Å²) < 4.78 is 6.47. The lowest BCUT2D eigenvalue weighted by molar-refractivity contribution is 0.413. The van der Waals surface area contributed by atoms with E-state index in [9.17, 15) is 0 Å². The average molecular weight is 346 g/mol. The fourth-order valence-corrected chi connectivity index (χ4v) is 3.06. The van der Waals surface area contributed by atoms with Gasteiger partial charge in [0, 0.05) is 16.3 Å². The van der Waals surface area contributed by atoms with E-state index in [1.807, 2.05) is 17.8 Å². The molecule has 0 aliphatic heterocycles. The van der Waals surface area contributed by atoms with E-state index < -0.39 is 0 Å². The molecule has 1 aromatic carbocycles. The number of rotatable bonds is 9. The van der Waals surface area contributed by atoms with Crippen LogP contribution in [0, 0.1) is 0 Å². The Balaban J connectivity index is 2.70. The molecule has 19 heavy (non-hydrogen) atoms. The SMILES string of the molecule is CCCNC(CSCC)Cc1cc(OC)ccc1Br. The Hall–Kier alpha value is -0.190. The molecular formula is C15H24BrNOS. The van der Waals surface area contributed by atoms with E-state index in [0.717, 1.165) is 28.9 Å². The molecule has 1 aromatic rings. The monoisotopic (exact) mass is 345 g/mol. The summed E-state index contributed by atoms with van der Waals surface area (Å²) in [6.45, 7) is 5.50. The highest BCUT2D eigenvalue weighted by Crippen LogP contribution is 2.24. The van der Waals surface area contributed by atoms with Crippen molar-refractivity contribution in [3.8, 4) is 5.75 Å². The van der Waals surface area contributed by atoms with Crippen LogP contribution in [0.15, 0.2) is 22.7 Å². The van der Waals surface area contributed by atoms with Crippen LogP contribution in [-0.4, -0.2) is 31.2 Å². The van der Waals surface area contributed by atoms with E-state index in [0.29, 0.717) is 6.04 Å². The highest BCUT2D eigenvalue weighted by molar-refractivity contribution is 9.10. The second kappa shape index (κ2) is 9.67. The van der Waals surface area contributed by atoms with Gasteiger partial charge in [0.25, 0.3) is 0 Å². The molecule has 0 saturated carbocycles. The number of hydrogen-bond acceptors (Lipinski definition) is 3. The first-order valence-corrected chi connectivity index (χ1v) is 8.79. The maximum absolute atomic E-state index is 5.31. The van der Waals surface area contributed by atoms with Crippen LogP contribution in [0.5, 0.6) is 5.75 Å². The molecule has 0 aromatic heterocycles. The Kier molecular flexibility index (Phi) is 8.58. The van der Waals surface area contributed by atoms with Gasteiger partial charge in [0.15, 0.2) is 0 Å². The number of nitrogens with one attached hydrogen (secondary N) is 1. The van der Waals surface area contributed by atoms with Gasteiger partial charge in [0.05, 0.1) is 7.11 Å². The molecule has 0 heterocycles. The van der Waals surface area contributed by atoms with Crippen molar-refractivity contribution in [2.75, 3.05) is 25.2 Å². The van der Waals surface area contributed by atoms with Crippen LogP contribution in [0.2, 0.25) is 0 Å². The van der Waals surface area contributed by atoms with Crippen molar-refractivity contribution in [2.45, 2.75) is 32.7 Å². The quantitative estimate of drug-likeness (QED) is 0.727. The predicted molar refractivity (Wildman–Crippen MR) is 89.5 cm³/mol. The van der Waals surface area contributed by atoms with Crippen LogP contribution >= 0.6 is 27.7 Å². The zero-order valence-corrected chi connectivity index (χ0v) is 14.4. The summed E-state index contributed by atoms with van der Waals surface area (Å²) in [6.07, 6.45) is 2.21. The minimum absolute atomic E-state index is 0.522. The molecule has 0 aliphatic rings. The summed E-state index contributed by atoms with van der Waals surface area (Å²) in [5.74, 6) is 3.25. The second-order valence-electron chi connectivity index (χ2n) is 4.47. The van der Waals surface area contributed by atoms with Gasteiger partial charge in [-0.15, -0.1) is 0 Å². The van der Waals surface area contributed by atoms with Crippen molar-refractivity contribution in [1.82, 2.24) is 5.32 Å². The Bertz CT molecular complexity index is 365. The standard InChI is InChI=1S/C15H24BrNOS/c1-4-8-17-13(11-19-5-2)9-12-10-14(18-3)6-7-15(12)16/h6-7,10,13,17H,4-5,8-9,11H2,1-3H3. The molecule has 0 saturated heterocycles. The highest BCUT2D eigenvalue weighted by atomic mass is 79.9. The fourth-order valence-electron chi connectivity index (χ4n) is 1.90. The maximum Gasteiger partial charge on any atom is 0.119 e. The van der Waals surface area contributed by atoms with E-state index in [1.165, 1.54) is 17.7 Å². The average Bonchev–Trinajstić information content (AvgIpc) is 2.43. The van der Waals surface area contributed by atoms with Gasteiger partial charge in [0.2, 0.25) is 0 Å². The smallest absolute Gasteiger partial charge is 0.119 e. The summed E-state index contributed by atoms with van der Waals surface area (Å²) in [5, 5.41) is 3.63. The maximum atomic E-state index is 5.31. The number of ether oxygens (including phenoxy) is 1. The molecule has 0 radical (unpaired) electrons. The molecule has 2 nitrogen and oxygen atoms in total. The van der Waals surface area contributed by atoms with Gasteiger partial charge in [-0.3, -0.25) is 0 Å². The summed E-state index contributed by atoms with van der Waals surface area (Å²) in [6, 6.07) is 6.70. The number of methoxy groups -OCH3 is 1. The Morgan fingerprint density at radius 3 is 2.79 bits per heavy atom. The van der Waals surface area contributed by atoms with Crippen molar-refractivity contribution < 1.29 is 4.74 Å². The van der Waals surface area contributed by atoms with Crippen LogP contribution < -0.4 is 10.1 Å². The lowest BCUT2D eigenvalue weighted by Gasteiger charge is -2.19. The van der Waals surface area contributed by atoms with Gasteiger partial charge >= 0.3 is 0 Å². The van der Waals surface area contributed by atoms with E-state index in [4.69, 9.17) is 4.74 Å².